The van der Waals surface area contributed by atoms with Gasteiger partial charge < -0.3 is 90.2 Å². The molecule has 1 heterocycles. The second kappa shape index (κ2) is 46.5. The maximum atomic E-state index is 11.7. The molecule has 1 rings (SSSR count). The Morgan fingerprint density at radius 3 is 0.696 bits per heavy atom. The Kier molecular flexibility index (Phi) is 43.9. The first kappa shape index (κ1) is 52.8. The van der Waals surface area contributed by atoms with Gasteiger partial charge in [0.2, 0.25) is 0 Å². The van der Waals surface area contributed by atoms with Gasteiger partial charge in [0.15, 0.2) is 0 Å². The number of carbonyl (C=O) groups is 1. The second-order valence-corrected chi connectivity index (χ2v) is 14.3. The minimum atomic E-state index is -0.750. The van der Waals surface area contributed by atoms with Crippen LogP contribution in [0.4, 0.5) is 0 Å². The van der Waals surface area contributed by atoms with Crippen LogP contribution in [0.5, 0.6) is 0 Å². The minimum absolute atomic E-state index is 0.468. The lowest BCUT2D eigenvalue weighted by molar-refractivity contribution is -0.139. The standard InChI is InChI=1S/C38H90N16O2/c55-38(56)37-5-3-1-2-4-6-39-7-8-40-9-10-41-11-12-42-13-14-43-15-16-44-17-18-45-19-20-46-21-22-47-23-24-48-25-26-49-27-28-50-29-30-51-31-32-52-33-34-53-35-36-54-37/h37,39-54H,1-36H2,(H,55,56). The summed E-state index contributed by atoms with van der Waals surface area (Å²) in [6.45, 7) is 29.6. The Balaban J connectivity index is 2.10. The van der Waals surface area contributed by atoms with Gasteiger partial charge in [-0.15, -0.1) is 0 Å². The number of carboxylic acids is 1. The van der Waals surface area contributed by atoms with Crippen LogP contribution >= 0.6 is 0 Å². The maximum Gasteiger partial charge on any atom is 0.320 e. The highest BCUT2D eigenvalue weighted by atomic mass is 16.4. The van der Waals surface area contributed by atoms with Crippen LogP contribution in [0, 0.1) is 0 Å². The van der Waals surface area contributed by atoms with E-state index in [-0.39, 0.29) is 0 Å². The average molecular weight is 803 g/mol. The van der Waals surface area contributed by atoms with E-state index in [0.29, 0.717) is 13.0 Å². The molecular weight excluding hydrogens is 713 g/mol. The molecule has 0 radical (unpaired) electrons. The fourth-order valence-electron chi connectivity index (χ4n) is 5.95. The number of hydrogen-bond acceptors (Lipinski definition) is 17. The number of carboxylic acid groups (broad SMARTS) is 1. The maximum absolute atomic E-state index is 11.7. The molecule has 1 saturated heterocycles. The van der Waals surface area contributed by atoms with Gasteiger partial charge in [-0.25, -0.2) is 0 Å². The van der Waals surface area contributed by atoms with Crippen molar-refractivity contribution in [2.75, 3.05) is 203 Å². The molecule has 334 valence electrons. The van der Waals surface area contributed by atoms with E-state index in [1.54, 1.807) is 0 Å². The normalized spacial score (nSPS) is 24.6. The van der Waals surface area contributed by atoms with Gasteiger partial charge in [-0.2, -0.15) is 0 Å². The first-order chi connectivity index (χ1) is 27.8. The van der Waals surface area contributed by atoms with Crippen LogP contribution in [-0.4, -0.2) is 220 Å². The average Bonchev–Trinajstić information content (AvgIpc) is 3.20. The van der Waals surface area contributed by atoms with Gasteiger partial charge in [0.25, 0.3) is 0 Å². The molecule has 1 fully saturated rings. The number of rotatable bonds is 1. The summed E-state index contributed by atoms with van der Waals surface area (Å²) in [4.78, 5) is 11.7. The third-order valence-corrected chi connectivity index (χ3v) is 9.29. The Hall–Kier alpha value is -1.17. The molecule has 1 aliphatic rings. The molecule has 0 aromatic carbocycles. The molecule has 0 aromatic heterocycles. The Labute approximate surface area is 341 Å². The fraction of sp³-hybridized carbons (Fsp3) is 0.974. The van der Waals surface area contributed by atoms with Crippen molar-refractivity contribution in [3.8, 4) is 0 Å². The third kappa shape index (κ3) is 42.4. The molecular formula is C38H90N16O2. The van der Waals surface area contributed by atoms with Gasteiger partial charge in [-0.1, -0.05) is 19.3 Å². The van der Waals surface area contributed by atoms with Crippen molar-refractivity contribution in [3.63, 3.8) is 0 Å². The first-order valence-corrected chi connectivity index (χ1v) is 22.4. The van der Waals surface area contributed by atoms with Crippen molar-refractivity contribution in [1.29, 1.82) is 0 Å². The van der Waals surface area contributed by atoms with Crippen LogP contribution in [0.25, 0.3) is 0 Å². The van der Waals surface area contributed by atoms with E-state index in [2.05, 4.69) is 85.1 Å². The Morgan fingerprint density at radius 1 is 0.268 bits per heavy atom. The van der Waals surface area contributed by atoms with Gasteiger partial charge >= 0.3 is 5.97 Å². The van der Waals surface area contributed by atoms with Crippen molar-refractivity contribution in [1.82, 2.24) is 85.1 Å². The summed E-state index contributed by atoms with van der Waals surface area (Å²) in [5, 5.41) is 65.0. The highest BCUT2D eigenvalue weighted by molar-refractivity contribution is 5.73. The van der Waals surface area contributed by atoms with Gasteiger partial charge in [0, 0.05) is 196 Å². The summed E-state index contributed by atoms with van der Waals surface area (Å²) < 4.78 is 0. The first-order valence-electron chi connectivity index (χ1n) is 22.4. The lowest BCUT2D eigenvalue weighted by Gasteiger charge is -2.15. The van der Waals surface area contributed by atoms with Gasteiger partial charge in [0.1, 0.15) is 6.04 Å². The molecule has 0 aliphatic carbocycles. The highest BCUT2D eigenvalue weighted by Crippen LogP contribution is 2.06. The molecule has 0 spiro atoms. The topological polar surface area (TPSA) is 230 Å². The molecule has 1 unspecified atom stereocenters. The summed E-state index contributed by atoms with van der Waals surface area (Å²) in [5.74, 6) is -0.750. The van der Waals surface area contributed by atoms with Crippen LogP contribution in [0.3, 0.4) is 0 Å². The molecule has 0 saturated carbocycles. The van der Waals surface area contributed by atoms with Gasteiger partial charge in [-0.05, 0) is 19.4 Å². The van der Waals surface area contributed by atoms with Crippen molar-refractivity contribution in [3.05, 3.63) is 0 Å². The monoisotopic (exact) mass is 803 g/mol. The zero-order valence-corrected chi connectivity index (χ0v) is 35.4. The predicted molar refractivity (Wildman–Crippen MR) is 236 cm³/mol. The molecule has 0 aromatic rings. The second-order valence-electron chi connectivity index (χ2n) is 14.3. The molecule has 17 N–H and O–H groups in total. The zero-order valence-electron chi connectivity index (χ0n) is 35.4. The highest BCUT2D eigenvalue weighted by Gasteiger charge is 2.15. The third-order valence-electron chi connectivity index (χ3n) is 9.29. The Morgan fingerprint density at radius 2 is 0.464 bits per heavy atom. The van der Waals surface area contributed by atoms with E-state index in [9.17, 15) is 9.90 Å². The van der Waals surface area contributed by atoms with Crippen LogP contribution in [0.1, 0.15) is 32.1 Å². The molecule has 1 aliphatic heterocycles. The summed E-state index contributed by atoms with van der Waals surface area (Å²) >= 11 is 0. The molecule has 1 atom stereocenters. The van der Waals surface area contributed by atoms with E-state index in [1.165, 1.54) is 0 Å². The van der Waals surface area contributed by atoms with Gasteiger partial charge in [0.05, 0.1) is 0 Å². The van der Waals surface area contributed by atoms with Crippen LogP contribution in [-0.2, 0) is 4.79 Å². The number of aliphatic carboxylic acids is 1. The SMILES string of the molecule is O=C(O)C1CCCCCCNCCNCCNCCNCCNCCNCCNCCNCCNCCNCCNCCNCCNCCNCCNCCN1. The number of nitrogens with one attached hydrogen (secondary N) is 16. The summed E-state index contributed by atoms with van der Waals surface area (Å²) in [6, 6.07) is -0.468. The quantitative estimate of drug-likeness (QED) is 0.119. The van der Waals surface area contributed by atoms with Crippen LogP contribution in [0.15, 0.2) is 0 Å². The lowest BCUT2D eigenvalue weighted by atomic mass is 10.1. The van der Waals surface area contributed by atoms with E-state index >= 15 is 0 Å². The summed E-state index contributed by atoms with van der Waals surface area (Å²) in [5.41, 5.74) is 0. The van der Waals surface area contributed by atoms with Gasteiger partial charge in [-0.3, -0.25) is 4.79 Å². The summed E-state index contributed by atoms with van der Waals surface area (Å²) in [6.07, 6.45) is 4.94. The van der Waals surface area contributed by atoms with Crippen molar-refractivity contribution < 1.29 is 9.90 Å². The Bertz CT molecular complexity index is 725. The van der Waals surface area contributed by atoms with Crippen molar-refractivity contribution in [2.24, 2.45) is 0 Å². The fourth-order valence-corrected chi connectivity index (χ4v) is 5.95. The largest absolute Gasteiger partial charge is 0.480 e. The molecule has 0 bridgehead atoms. The zero-order chi connectivity index (χ0) is 39.9. The van der Waals surface area contributed by atoms with E-state index in [0.717, 1.165) is 222 Å². The number of hydrogen-bond donors (Lipinski definition) is 17. The lowest BCUT2D eigenvalue weighted by Crippen LogP contribution is -2.41. The molecule has 18 nitrogen and oxygen atoms in total. The molecule has 56 heavy (non-hydrogen) atoms. The predicted octanol–water partition coefficient (Wildman–Crippen LogP) is -5.16. The van der Waals surface area contributed by atoms with Crippen molar-refractivity contribution >= 4 is 5.97 Å². The van der Waals surface area contributed by atoms with E-state index in [1.807, 2.05) is 0 Å². The minimum Gasteiger partial charge on any atom is -0.480 e. The van der Waals surface area contributed by atoms with Crippen molar-refractivity contribution in [2.45, 2.75) is 38.1 Å². The van der Waals surface area contributed by atoms with Crippen LogP contribution < -0.4 is 85.1 Å². The van der Waals surface area contributed by atoms with E-state index < -0.39 is 12.0 Å². The molecule has 0 amide bonds. The molecule has 18 heteroatoms. The van der Waals surface area contributed by atoms with Crippen LogP contribution in [0.2, 0.25) is 0 Å². The smallest absolute Gasteiger partial charge is 0.320 e. The summed E-state index contributed by atoms with van der Waals surface area (Å²) in [7, 11) is 0. The van der Waals surface area contributed by atoms with E-state index in [4.69, 9.17) is 0 Å².